The molecule has 2 aromatic rings. The van der Waals surface area contributed by atoms with E-state index in [-0.39, 0.29) is 31.8 Å². The van der Waals surface area contributed by atoms with Gasteiger partial charge in [-0.3, -0.25) is 9.59 Å². The maximum Gasteiger partial charge on any atom is 0.255 e. The molecule has 1 heterocycles. The summed E-state index contributed by atoms with van der Waals surface area (Å²) in [5, 5.41) is 0. The van der Waals surface area contributed by atoms with E-state index in [0.29, 0.717) is 23.4 Å². The molecule has 26 heavy (non-hydrogen) atoms. The SMILES string of the molecule is Nc1ccccc1C(=O)N1CCC(C(=O)c2c(F)cc(F)cc2F)CC1. The molecule has 0 saturated carbocycles. The van der Waals surface area contributed by atoms with Crippen LogP contribution in [0.3, 0.4) is 0 Å². The Hall–Kier alpha value is -2.83. The minimum absolute atomic E-state index is 0.242. The summed E-state index contributed by atoms with van der Waals surface area (Å²) in [6.07, 6.45) is 0.543. The lowest BCUT2D eigenvalue weighted by Crippen LogP contribution is -2.40. The van der Waals surface area contributed by atoms with E-state index in [9.17, 15) is 22.8 Å². The Morgan fingerprint density at radius 1 is 1.00 bits per heavy atom. The highest BCUT2D eigenvalue weighted by Crippen LogP contribution is 2.26. The van der Waals surface area contributed by atoms with Crippen LogP contribution in [0.1, 0.15) is 33.6 Å². The number of ketones is 1. The molecule has 7 heteroatoms. The molecule has 0 aromatic heterocycles. The first-order valence-corrected chi connectivity index (χ1v) is 8.21. The summed E-state index contributed by atoms with van der Waals surface area (Å²) in [6.45, 7) is 0.544. The molecular formula is C19H17F3N2O2. The number of nitrogen functional groups attached to an aromatic ring is 1. The van der Waals surface area contributed by atoms with Gasteiger partial charge in [0.25, 0.3) is 5.91 Å². The van der Waals surface area contributed by atoms with Crippen molar-refractivity contribution in [1.82, 2.24) is 4.90 Å². The average Bonchev–Trinajstić information content (AvgIpc) is 2.61. The second-order valence-electron chi connectivity index (χ2n) is 6.26. The van der Waals surface area contributed by atoms with Crippen molar-refractivity contribution in [3.05, 3.63) is 65.0 Å². The first kappa shape index (κ1) is 18.0. The zero-order valence-electron chi connectivity index (χ0n) is 13.8. The van der Waals surface area contributed by atoms with Gasteiger partial charge in [-0.05, 0) is 25.0 Å². The predicted molar refractivity (Wildman–Crippen MR) is 90.1 cm³/mol. The number of anilines is 1. The molecule has 0 bridgehead atoms. The van der Waals surface area contributed by atoms with Crippen LogP contribution in [0.2, 0.25) is 0 Å². The third kappa shape index (κ3) is 3.42. The van der Waals surface area contributed by atoms with Gasteiger partial charge in [0, 0.05) is 36.8 Å². The predicted octanol–water partition coefficient (Wildman–Crippen LogP) is 3.42. The minimum atomic E-state index is -1.21. The fourth-order valence-electron chi connectivity index (χ4n) is 3.19. The van der Waals surface area contributed by atoms with E-state index < -0.39 is 34.7 Å². The topological polar surface area (TPSA) is 63.4 Å². The summed E-state index contributed by atoms with van der Waals surface area (Å²) in [5.41, 5.74) is 5.84. The number of para-hydroxylation sites is 1. The molecule has 1 fully saturated rings. The van der Waals surface area contributed by atoms with Crippen molar-refractivity contribution in [2.24, 2.45) is 5.92 Å². The maximum absolute atomic E-state index is 13.8. The lowest BCUT2D eigenvalue weighted by atomic mass is 9.88. The van der Waals surface area contributed by atoms with Crippen LogP contribution in [0.4, 0.5) is 18.9 Å². The maximum atomic E-state index is 13.8. The quantitative estimate of drug-likeness (QED) is 0.672. The number of carbonyl (C=O) groups excluding carboxylic acids is 2. The van der Waals surface area contributed by atoms with Crippen LogP contribution in [0, 0.1) is 23.4 Å². The molecule has 1 saturated heterocycles. The second kappa shape index (κ2) is 7.19. The summed E-state index contributed by atoms with van der Waals surface area (Å²) < 4.78 is 40.6. The second-order valence-corrected chi connectivity index (χ2v) is 6.26. The van der Waals surface area contributed by atoms with Crippen LogP contribution in [-0.2, 0) is 0 Å². The van der Waals surface area contributed by atoms with E-state index in [1.165, 1.54) is 0 Å². The largest absolute Gasteiger partial charge is 0.398 e. The summed E-state index contributed by atoms with van der Waals surface area (Å²) in [5.74, 6) is -5.05. The smallest absolute Gasteiger partial charge is 0.255 e. The summed E-state index contributed by atoms with van der Waals surface area (Å²) in [7, 11) is 0. The van der Waals surface area contributed by atoms with Crippen molar-refractivity contribution in [1.29, 1.82) is 0 Å². The number of halogens is 3. The Balaban J connectivity index is 1.70. The van der Waals surface area contributed by atoms with Crippen LogP contribution < -0.4 is 5.73 Å². The van der Waals surface area contributed by atoms with Gasteiger partial charge in [-0.1, -0.05) is 12.1 Å². The molecule has 0 spiro atoms. The number of nitrogens with zero attached hydrogens (tertiary/aromatic N) is 1. The first-order chi connectivity index (χ1) is 12.4. The summed E-state index contributed by atoms with van der Waals surface area (Å²) >= 11 is 0. The van der Waals surface area contributed by atoms with E-state index in [1.807, 2.05) is 0 Å². The Labute approximate surface area is 148 Å². The standard InChI is InChI=1S/C19H17F3N2O2/c20-12-9-14(21)17(15(22)10-12)18(25)11-5-7-24(8-6-11)19(26)13-3-1-2-4-16(13)23/h1-4,9-11H,5-8,23H2. The van der Waals surface area contributed by atoms with Gasteiger partial charge >= 0.3 is 0 Å². The van der Waals surface area contributed by atoms with E-state index in [1.54, 1.807) is 29.2 Å². The summed E-state index contributed by atoms with van der Waals surface area (Å²) in [4.78, 5) is 26.5. The first-order valence-electron chi connectivity index (χ1n) is 8.21. The highest BCUT2D eigenvalue weighted by molar-refractivity contribution is 6.00. The number of amides is 1. The molecule has 1 aliphatic rings. The van der Waals surface area contributed by atoms with Crippen molar-refractivity contribution in [2.45, 2.75) is 12.8 Å². The van der Waals surface area contributed by atoms with Gasteiger partial charge in [0.05, 0.1) is 11.1 Å². The van der Waals surface area contributed by atoms with Gasteiger partial charge in [-0.15, -0.1) is 0 Å². The lowest BCUT2D eigenvalue weighted by molar-refractivity contribution is 0.0648. The van der Waals surface area contributed by atoms with Gasteiger partial charge in [0.2, 0.25) is 0 Å². The van der Waals surface area contributed by atoms with Gasteiger partial charge in [0.1, 0.15) is 17.5 Å². The number of nitrogens with two attached hydrogens (primary N) is 1. The molecule has 4 nitrogen and oxygen atoms in total. The highest BCUT2D eigenvalue weighted by Gasteiger charge is 2.31. The van der Waals surface area contributed by atoms with Crippen molar-refractivity contribution < 1.29 is 22.8 Å². The van der Waals surface area contributed by atoms with E-state index in [0.717, 1.165) is 0 Å². The molecule has 0 atom stereocenters. The van der Waals surface area contributed by atoms with Gasteiger partial charge in [-0.2, -0.15) is 0 Å². The van der Waals surface area contributed by atoms with Crippen LogP contribution in [0.25, 0.3) is 0 Å². The normalized spacial score (nSPS) is 15.1. The number of likely N-dealkylation sites (tertiary alicyclic amines) is 1. The van der Waals surface area contributed by atoms with Crippen LogP contribution >= 0.6 is 0 Å². The number of rotatable bonds is 3. The Morgan fingerprint density at radius 2 is 1.58 bits per heavy atom. The van der Waals surface area contributed by atoms with Crippen LogP contribution in [0.15, 0.2) is 36.4 Å². The number of carbonyl (C=O) groups is 2. The molecule has 136 valence electrons. The van der Waals surface area contributed by atoms with Gasteiger partial charge in [-0.25, -0.2) is 13.2 Å². The molecule has 0 radical (unpaired) electrons. The molecule has 2 N–H and O–H groups in total. The average molecular weight is 362 g/mol. The number of Topliss-reactive ketones (excluding diaryl/α,β-unsaturated/α-hetero) is 1. The van der Waals surface area contributed by atoms with Crippen molar-refractivity contribution in [2.75, 3.05) is 18.8 Å². The molecule has 0 unspecified atom stereocenters. The lowest BCUT2D eigenvalue weighted by Gasteiger charge is -2.31. The summed E-state index contributed by atoms with van der Waals surface area (Å²) in [6, 6.07) is 7.67. The molecule has 3 rings (SSSR count). The third-order valence-corrected chi connectivity index (χ3v) is 4.60. The highest BCUT2D eigenvalue weighted by atomic mass is 19.1. The number of hydrogen-bond acceptors (Lipinski definition) is 3. The van der Waals surface area contributed by atoms with Crippen molar-refractivity contribution in [3.63, 3.8) is 0 Å². The Kier molecular flexibility index (Phi) is 4.97. The molecule has 1 amide bonds. The van der Waals surface area contributed by atoms with Gasteiger partial charge in [0.15, 0.2) is 5.78 Å². The van der Waals surface area contributed by atoms with Crippen LogP contribution in [-0.4, -0.2) is 29.7 Å². The zero-order valence-corrected chi connectivity index (χ0v) is 13.8. The Bertz CT molecular complexity index is 839. The molecular weight excluding hydrogens is 345 g/mol. The molecule has 1 aliphatic heterocycles. The Morgan fingerprint density at radius 3 is 2.15 bits per heavy atom. The molecule has 0 aliphatic carbocycles. The van der Waals surface area contributed by atoms with E-state index >= 15 is 0 Å². The number of piperidine rings is 1. The zero-order chi connectivity index (χ0) is 18.8. The van der Waals surface area contributed by atoms with E-state index in [4.69, 9.17) is 5.73 Å². The van der Waals surface area contributed by atoms with Crippen molar-refractivity contribution in [3.8, 4) is 0 Å². The minimum Gasteiger partial charge on any atom is -0.398 e. The van der Waals surface area contributed by atoms with E-state index in [2.05, 4.69) is 0 Å². The third-order valence-electron chi connectivity index (χ3n) is 4.60. The monoisotopic (exact) mass is 362 g/mol. The van der Waals surface area contributed by atoms with Crippen LogP contribution in [0.5, 0.6) is 0 Å². The van der Waals surface area contributed by atoms with Gasteiger partial charge < -0.3 is 10.6 Å². The fraction of sp³-hybridized carbons (Fsp3) is 0.263. The molecule has 2 aromatic carbocycles. The number of hydrogen-bond donors (Lipinski definition) is 1. The van der Waals surface area contributed by atoms with Crippen molar-refractivity contribution >= 4 is 17.4 Å². The number of benzene rings is 2. The fourth-order valence-corrected chi connectivity index (χ4v) is 3.19.